The fourth-order valence-electron chi connectivity index (χ4n) is 3.60. The highest BCUT2D eigenvalue weighted by molar-refractivity contribution is 5.95. The van der Waals surface area contributed by atoms with Gasteiger partial charge in [-0.1, -0.05) is 25.1 Å². The van der Waals surface area contributed by atoms with Crippen LogP contribution in [0.15, 0.2) is 36.5 Å². The molecule has 3 aromatic rings. The van der Waals surface area contributed by atoms with E-state index in [0.29, 0.717) is 18.1 Å². The van der Waals surface area contributed by atoms with Gasteiger partial charge < -0.3 is 19.9 Å². The van der Waals surface area contributed by atoms with Crippen LogP contribution in [0.1, 0.15) is 29.3 Å². The molecule has 0 atom stereocenters. The highest BCUT2D eigenvalue weighted by Gasteiger charge is 2.17. The molecule has 1 aliphatic heterocycles. The number of ether oxygens (including phenoxy) is 1. The number of nitrogens with one attached hydrogen (secondary N) is 2. The van der Waals surface area contributed by atoms with Gasteiger partial charge in [0.25, 0.3) is 5.91 Å². The molecule has 1 aliphatic rings. The fraction of sp³-hybridized carbons (Fsp3) is 0.261. The van der Waals surface area contributed by atoms with Crippen molar-refractivity contribution in [2.45, 2.75) is 26.8 Å². The van der Waals surface area contributed by atoms with E-state index in [1.165, 1.54) is 22.6 Å². The summed E-state index contributed by atoms with van der Waals surface area (Å²) in [5.41, 5.74) is 5.35. The Kier molecular flexibility index (Phi) is 5.27. The van der Waals surface area contributed by atoms with E-state index in [1.54, 1.807) is 30.3 Å². The molecule has 1 aromatic carbocycles. The third kappa shape index (κ3) is 3.78. The van der Waals surface area contributed by atoms with E-state index in [2.05, 4.69) is 47.3 Å². The summed E-state index contributed by atoms with van der Waals surface area (Å²) in [4.78, 5) is 33.3. The zero-order valence-corrected chi connectivity index (χ0v) is 17.3. The lowest BCUT2D eigenvalue weighted by Crippen LogP contribution is -2.26. The number of benzene rings is 1. The summed E-state index contributed by atoms with van der Waals surface area (Å²) in [5, 5.41) is 3.85. The number of nitrogens with zero attached hydrogens (tertiary/aromatic N) is 2. The van der Waals surface area contributed by atoms with E-state index >= 15 is 0 Å². The number of amides is 2. The molecule has 2 aromatic heterocycles. The highest BCUT2D eigenvalue weighted by Crippen LogP contribution is 2.27. The second-order valence-electron chi connectivity index (χ2n) is 7.40. The highest BCUT2D eigenvalue weighted by atomic mass is 16.5. The van der Waals surface area contributed by atoms with Crippen molar-refractivity contribution in [1.82, 2.24) is 14.9 Å². The molecule has 2 N–H and O–H groups in total. The largest absolute Gasteiger partial charge is 0.480 e. The summed E-state index contributed by atoms with van der Waals surface area (Å²) in [6.07, 6.45) is 5.75. The van der Waals surface area contributed by atoms with Crippen LogP contribution in [0.25, 0.3) is 17.0 Å². The van der Waals surface area contributed by atoms with Gasteiger partial charge in [-0.15, -0.1) is 0 Å². The Morgan fingerprint density at radius 1 is 1.37 bits per heavy atom. The van der Waals surface area contributed by atoms with Crippen molar-refractivity contribution in [2.75, 3.05) is 19.0 Å². The molecule has 0 saturated carbocycles. The van der Waals surface area contributed by atoms with Crippen LogP contribution >= 0.6 is 0 Å². The topological polar surface area (TPSA) is 87.3 Å². The number of H-pyrrole nitrogens is 1. The average Bonchev–Trinajstić information content (AvgIpc) is 3.07. The Morgan fingerprint density at radius 3 is 3.00 bits per heavy atom. The van der Waals surface area contributed by atoms with Gasteiger partial charge in [-0.3, -0.25) is 9.59 Å². The third-order valence-electron chi connectivity index (χ3n) is 5.34. The van der Waals surface area contributed by atoms with Gasteiger partial charge in [-0.25, -0.2) is 4.98 Å². The number of fused-ring (bicyclic) bond motifs is 2. The minimum absolute atomic E-state index is 0.0346. The molecular weight excluding hydrogens is 380 g/mol. The number of para-hydroxylation sites is 1. The Balaban J connectivity index is 1.47. The Hall–Kier alpha value is -3.61. The minimum atomic E-state index is -0.228. The van der Waals surface area contributed by atoms with Crippen molar-refractivity contribution < 1.29 is 14.3 Å². The number of hydrogen-bond acceptors (Lipinski definition) is 4. The quantitative estimate of drug-likeness (QED) is 0.638. The van der Waals surface area contributed by atoms with Crippen molar-refractivity contribution in [3.8, 4) is 5.75 Å². The zero-order chi connectivity index (χ0) is 21.3. The van der Waals surface area contributed by atoms with Crippen molar-refractivity contribution >= 4 is 34.6 Å². The molecular formula is C23H24N4O3. The first-order valence-electron chi connectivity index (χ1n) is 9.91. The first-order valence-corrected chi connectivity index (χ1v) is 9.91. The van der Waals surface area contributed by atoms with E-state index in [-0.39, 0.29) is 18.4 Å². The molecule has 7 heteroatoms. The van der Waals surface area contributed by atoms with E-state index in [1.807, 2.05) is 0 Å². The summed E-state index contributed by atoms with van der Waals surface area (Å²) in [6.45, 7) is 4.68. The number of hydrogen-bond donors (Lipinski definition) is 2. The first kappa shape index (κ1) is 19.7. The van der Waals surface area contributed by atoms with Crippen molar-refractivity contribution in [1.29, 1.82) is 0 Å². The molecule has 0 radical (unpaired) electrons. The monoisotopic (exact) mass is 404 g/mol. The predicted molar refractivity (Wildman–Crippen MR) is 116 cm³/mol. The number of likely N-dealkylation sites (N-methyl/N-ethyl adjacent to an activating group) is 1. The molecule has 0 bridgehead atoms. The lowest BCUT2D eigenvalue weighted by molar-refractivity contribution is -0.125. The number of aromatic amines is 1. The molecule has 0 saturated heterocycles. The summed E-state index contributed by atoms with van der Waals surface area (Å²) < 4.78 is 5.36. The minimum Gasteiger partial charge on any atom is -0.480 e. The average molecular weight is 404 g/mol. The molecule has 0 fully saturated rings. The van der Waals surface area contributed by atoms with Gasteiger partial charge in [0.2, 0.25) is 5.91 Å². The first-order chi connectivity index (χ1) is 14.5. The number of anilines is 1. The fourth-order valence-corrected chi connectivity index (χ4v) is 3.60. The zero-order valence-electron chi connectivity index (χ0n) is 17.3. The Morgan fingerprint density at radius 2 is 2.20 bits per heavy atom. The number of pyridine rings is 1. The molecule has 0 aliphatic carbocycles. The summed E-state index contributed by atoms with van der Waals surface area (Å²) in [7, 11) is 1.78. The summed E-state index contributed by atoms with van der Waals surface area (Å²) in [5.74, 6) is 0.551. The van der Waals surface area contributed by atoms with Crippen molar-refractivity contribution in [3.63, 3.8) is 0 Å². The SMILES string of the molecule is CCc1cccc2c(C)c(CN(C)C(=O)/C=C/c3cnc4c(c3)OCC(=O)N4)[nH]c12. The van der Waals surface area contributed by atoms with Gasteiger partial charge in [0, 0.05) is 35.9 Å². The normalized spacial score (nSPS) is 13.2. The van der Waals surface area contributed by atoms with E-state index < -0.39 is 0 Å². The molecule has 154 valence electrons. The van der Waals surface area contributed by atoms with Gasteiger partial charge in [0.05, 0.1) is 6.54 Å². The molecule has 4 rings (SSSR count). The molecule has 0 unspecified atom stereocenters. The molecule has 30 heavy (non-hydrogen) atoms. The molecule has 3 heterocycles. The number of carbonyl (C=O) groups excluding carboxylic acids is 2. The van der Waals surface area contributed by atoms with Crippen LogP contribution in [0.5, 0.6) is 5.75 Å². The van der Waals surface area contributed by atoms with Gasteiger partial charge in [0.15, 0.2) is 18.2 Å². The maximum Gasteiger partial charge on any atom is 0.263 e. The molecule has 0 spiro atoms. The van der Waals surface area contributed by atoms with Crippen LogP contribution in [0, 0.1) is 6.92 Å². The van der Waals surface area contributed by atoms with E-state index in [9.17, 15) is 9.59 Å². The Bertz CT molecular complexity index is 1160. The summed E-state index contributed by atoms with van der Waals surface area (Å²) >= 11 is 0. The second-order valence-corrected chi connectivity index (χ2v) is 7.40. The smallest absolute Gasteiger partial charge is 0.263 e. The van der Waals surface area contributed by atoms with Crippen LogP contribution in [-0.2, 0) is 22.6 Å². The maximum absolute atomic E-state index is 12.6. The van der Waals surface area contributed by atoms with Crippen LogP contribution in [0.4, 0.5) is 5.82 Å². The van der Waals surface area contributed by atoms with Gasteiger partial charge in [-0.05, 0) is 42.2 Å². The van der Waals surface area contributed by atoms with Crippen LogP contribution in [-0.4, -0.2) is 40.3 Å². The third-order valence-corrected chi connectivity index (χ3v) is 5.34. The Labute approximate surface area is 174 Å². The standard InChI is InChI=1S/C23H24N4O3/c1-4-16-6-5-7-17-14(2)18(25-22(16)17)12-27(3)21(29)9-8-15-10-19-23(24-11-15)26-20(28)13-30-19/h5-11,25H,4,12-13H2,1-3H3,(H,24,26,28)/b9-8+. The molecule has 7 nitrogen and oxygen atoms in total. The van der Waals surface area contributed by atoms with E-state index in [0.717, 1.165) is 23.2 Å². The van der Waals surface area contributed by atoms with Gasteiger partial charge in [0.1, 0.15) is 0 Å². The van der Waals surface area contributed by atoms with Crippen LogP contribution in [0.3, 0.4) is 0 Å². The number of carbonyl (C=O) groups is 2. The molecule has 2 amide bonds. The lowest BCUT2D eigenvalue weighted by atomic mass is 10.1. The predicted octanol–water partition coefficient (Wildman–Crippen LogP) is 3.44. The van der Waals surface area contributed by atoms with E-state index in [4.69, 9.17) is 4.74 Å². The van der Waals surface area contributed by atoms with Crippen molar-refractivity contribution in [2.24, 2.45) is 0 Å². The van der Waals surface area contributed by atoms with Crippen LogP contribution < -0.4 is 10.1 Å². The summed E-state index contributed by atoms with van der Waals surface area (Å²) in [6, 6.07) is 8.06. The van der Waals surface area contributed by atoms with Crippen LogP contribution in [0.2, 0.25) is 0 Å². The number of rotatable bonds is 5. The maximum atomic E-state index is 12.6. The van der Waals surface area contributed by atoms with Gasteiger partial charge >= 0.3 is 0 Å². The lowest BCUT2D eigenvalue weighted by Gasteiger charge is -2.17. The number of aromatic nitrogens is 2. The van der Waals surface area contributed by atoms with Gasteiger partial charge in [-0.2, -0.15) is 0 Å². The second kappa shape index (κ2) is 8.02. The number of aryl methyl sites for hydroxylation is 2. The van der Waals surface area contributed by atoms with Crippen molar-refractivity contribution in [3.05, 3.63) is 58.9 Å².